The molecule has 3 amide bonds. The summed E-state index contributed by atoms with van der Waals surface area (Å²) < 4.78 is 15.9. The first-order valence-electron chi connectivity index (χ1n) is 8.49. The molecule has 1 saturated heterocycles. The van der Waals surface area contributed by atoms with Crippen LogP contribution in [0.1, 0.15) is 35.2 Å². The van der Waals surface area contributed by atoms with E-state index in [4.69, 9.17) is 14.2 Å². The van der Waals surface area contributed by atoms with Crippen LogP contribution in [-0.2, 0) is 25.6 Å². The van der Waals surface area contributed by atoms with Crippen molar-refractivity contribution in [2.75, 3.05) is 20.8 Å². The summed E-state index contributed by atoms with van der Waals surface area (Å²) in [5.41, 5.74) is 1.38. The van der Waals surface area contributed by atoms with Gasteiger partial charge in [0.2, 0.25) is 11.8 Å². The van der Waals surface area contributed by atoms with Crippen LogP contribution in [0.15, 0.2) is 18.2 Å². The van der Waals surface area contributed by atoms with Crippen LogP contribution in [0.2, 0.25) is 0 Å². The van der Waals surface area contributed by atoms with Crippen LogP contribution in [0.25, 0.3) is 0 Å². The van der Waals surface area contributed by atoms with E-state index in [1.807, 2.05) is 6.07 Å². The third-order valence-electron chi connectivity index (χ3n) is 4.64. The summed E-state index contributed by atoms with van der Waals surface area (Å²) in [6.07, 6.45) is 0.841. The summed E-state index contributed by atoms with van der Waals surface area (Å²) in [5.74, 6) is -0.256. The molecule has 1 aromatic carbocycles. The quantitative estimate of drug-likeness (QED) is 0.570. The van der Waals surface area contributed by atoms with Crippen molar-refractivity contribution in [2.45, 2.75) is 38.1 Å². The van der Waals surface area contributed by atoms with Gasteiger partial charge in [0.05, 0.1) is 6.61 Å². The second-order valence-corrected chi connectivity index (χ2v) is 6.26. The van der Waals surface area contributed by atoms with E-state index in [0.717, 1.165) is 5.56 Å². The lowest BCUT2D eigenvalue weighted by atomic mass is 10.0. The van der Waals surface area contributed by atoms with Gasteiger partial charge in [-0.2, -0.15) is 0 Å². The molecule has 8 nitrogen and oxygen atoms in total. The van der Waals surface area contributed by atoms with Gasteiger partial charge in [0.15, 0.2) is 6.29 Å². The molecule has 26 heavy (non-hydrogen) atoms. The number of piperidine rings is 1. The van der Waals surface area contributed by atoms with Gasteiger partial charge in [-0.25, -0.2) is 0 Å². The highest BCUT2D eigenvalue weighted by Crippen LogP contribution is 2.30. The number of carbonyl (C=O) groups is 3. The molecule has 8 heteroatoms. The molecule has 0 radical (unpaired) electrons. The van der Waals surface area contributed by atoms with Crippen molar-refractivity contribution >= 4 is 17.7 Å². The van der Waals surface area contributed by atoms with Crippen LogP contribution < -0.4 is 10.1 Å². The largest absolute Gasteiger partial charge is 0.493 e. The van der Waals surface area contributed by atoms with E-state index >= 15 is 0 Å². The zero-order valence-corrected chi connectivity index (χ0v) is 14.8. The van der Waals surface area contributed by atoms with Crippen LogP contribution in [-0.4, -0.2) is 55.8 Å². The molecule has 0 bridgehead atoms. The normalized spacial score (nSPS) is 19.7. The van der Waals surface area contributed by atoms with E-state index in [-0.39, 0.29) is 24.5 Å². The molecule has 1 unspecified atom stereocenters. The predicted octanol–water partition coefficient (Wildman–Crippen LogP) is 0.835. The Balaban J connectivity index is 1.64. The first-order chi connectivity index (χ1) is 12.5. The maximum atomic E-state index is 12.6. The smallest absolute Gasteiger partial charge is 0.255 e. The number of hydrogen-bond acceptors (Lipinski definition) is 6. The number of imide groups is 1. The summed E-state index contributed by atoms with van der Waals surface area (Å²) in [4.78, 5) is 37.5. The minimum Gasteiger partial charge on any atom is -0.493 e. The van der Waals surface area contributed by atoms with E-state index in [9.17, 15) is 14.4 Å². The molecule has 0 aromatic heterocycles. The number of nitrogens with zero attached hydrogens (tertiary/aromatic N) is 1. The Hall–Kier alpha value is -2.45. The summed E-state index contributed by atoms with van der Waals surface area (Å²) in [6.45, 7) is 0.742. The number of benzene rings is 1. The van der Waals surface area contributed by atoms with Gasteiger partial charge < -0.3 is 19.1 Å². The van der Waals surface area contributed by atoms with Crippen molar-refractivity contribution in [2.24, 2.45) is 0 Å². The minimum atomic E-state index is -0.610. The fraction of sp³-hybridized carbons (Fsp3) is 0.500. The SMILES string of the molecule is COC(CCOc1ccc2c(c1)CN(C1CCC(=O)NC1=O)C2=O)OC. The molecule has 1 atom stereocenters. The highest BCUT2D eigenvalue weighted by Gasteiger charge is 2.39. The van der Waals surface area contributed by atoms with Crippen LogP contribution in [0.3, 0.4) is 0 Å². The van der Waals surface area contributed by atoms with Gasteiger partial charge in [-0.3, -0.25) is 19.7 Å². The Morgan fingerprint density at radius 3 is 2.69 bits per heavy atom. The highest BCUT2D eigenvalue weighted by molar-refractivity contribution is 6.05. The number of hydrogen-bond donors (Lipinski definition) is 1. The van der Waals surface area contributed by atoms with Gasteiger partial charge >= 0.3 is 0 Å². The molecule has 1 N–H and O–H groups in total. The molecule has 0 aliphatic carbocycles. The van der Waals surface area contributed by atoms with Crippen LogP contribution >= 0.6 is 0 Å². The van der Waals surface area contributed by atoms with Crippen molar-refractivity contribution in [1.29, 1.82) is 0 Å². The molecule has 1 aromatic rings. The molecule has 2 heterocycles. The zero-order valence-electron chi connectivity index (χ0n) is 14.8. The first-order valence-corrected chi connectivity index (χ1v) is 8.49. The van der Waals surface area contributed by atoms with Crippen molar-refractivity contribution < 1.29 is 28.6 Å². The molecular formula is C18H22N2O6. The lowest BCUT2D eigenvalue weighted by Gasteiger charge is -2.29. The van der Waals surface area contributed by atoms with Crippen molar-refractivity contribution in [1.82, 2.24) is 10.2 Å². The average molecular weight is 362 g/mol. The Morgan fingerprint density at radius 2 is 2.00 bits per heavy atom. The third kappa shape index (κ3) is 3.71. The van der Waals surface area contributed by atoms with E-state index in [1.165, 1.54) is 4.90 Å². The van der Waals surface area contributed by atoms with Crippen LogP contribution in [0.4, 0.5) is 0 Å². The van der Waals surface area contributed by atoms with Gasteiger partial charge in [0.1, 0.15) is 11.8 Å². The van der Waals surface area contributed by atoms with Gasteiger partial charge in [-0.05, 0) is 30.2 Å². The summed E-state index contributed by atoms with van der Waals surface area (Å²) in [6, 6.07) is 4.65. The predicted molar refractivity (Wildman–Crippen MR) is 90.4 cm³/mol. The fourth-order valence-corrected chi connectivity index (χ4v) is 3.25. The molecule has 2 aliphatic rings. The molecule has 0 saturated carbocycles. The first kappa shape index (κ1) is 18.3. The van der Waals surface area contributed by atoms with E-state index in [0.29, 0.717) is 37.3 Å². The number of rotatable bonds is 7. The van der Waals surface area contributed by atoms with Gasteiger partial charge in [-0.15, -0.1) is 0 Å². The maximum Gasteiger partial charge on any atom is 0.255 e. The average Bonchev–Trinajstić information content (AvgIpc) is 2.95. The van der Waals surface area contributed by atoms with E-state index in [2.05, 4.69) is 5.32 Å². The molecule has 2 aliphatic heterocycles. The number of nitrogens with one attached hydrogen (secondary N) is 1. The minimum absolute atomic E-state index is 0.195. The Labute approximate surface area is 151 Å². The van der Waals surface area contributed by atoms with Crippen LogP contribution in [0, 0.1) is 0 Å². The molecule has 3 rings (SSSR count). The highest BCUT2D eigenvalue weighted by atomic mass is 16.7. The van der Waals surface area contributed by atoms with Gasteiger partial charge in [0.25, 0.3) is 5.91 Å². The number of fused-ring (bicyclic) bond motifs is 1. The second kappa shape index (κ2) is 7.84. The molecule has 0 spiro atoms. The number of ether oxygens (including phenoxy) is 3. The number of methoxy groups -OCH3 is 2. The van der Waals surface area contributed by atoms with E-state index < -0.39 is 11.9 Å². The standard InChI is InChI=1S/C18H22N2O6/c1-24-16(25-2)7-8-26-12-3-4-13-11(9-12)10-20(18(13)23)14-5-6-15(21)19-17(14)22/h3-4,9,14,16H,5-8,10H2,1-2H3,(H,19,21,22). The Morgan fingerprint density at radius 1 is 1.23 bits per heavy atom. The van der Waals surface area contributed by atoms with Crippen LogP contribution in [0.5, 0.6) is 5.75 Å². The van der Waals surface area contributed by atoms with E-state index in [1.54, 1.807) is 26.4 Å². The zero-order chi connectivity index (χ0) is 18.7. The second-order valence-electron chi connectivity index (χ2n) is 6.26. The van der Waals surface area contributed by atoms with Crippen molar-refractivity contribution in [3.05, 3.63) is 29.3 Å². The Kier molecular flexibility index (Phi) is 5.53. The molecular weight excluding hydrogens is 340 g/mol. The number of carbonyl (C=O) groups excluding carboxylic acids is 3. The lowest BCUT2D eigenvalue weighted by molar-refractivity contribution is -0.136. The third-order valence-corrected chi connectivity index (χ3v) is 4.64. The van der Waals surface area contributed by atoms with Crippen molar-refractivity contribution in [3.63, 3.8) is 0 Å². The fourth-order valence-electron chi connectivity index (χ4n) is 3.25. The Bertz CT molecular complexity index is 716. The molecule has 140 valence electrons. The molecule has 1 fully saturated rings. The summed E-state index contributed by atoms with van der Waals surface area (Å²) in [5, 5.41) is 2.29. The van der Waals surface area contributed by atoms with Gasteiger partial charge in [-0.1, -0.05) is 0 Å². The lowest BCUT2D eigenvalue weighted by Crippen LogP contribution is -2.52. The maximum absolute atomic E-state index is 12.6. The topological polar surface area (TPSA) is 94.2 Å². The summed E-state index contributed by atoms with van der Waals surface area (Å²) in [7, 11) is 3.14. The monoisotopic (exact) mass is 362 g/mol. The van der Waals surface area contributed by atoms with Gasteiger partial charge in [0, 0.05) is 39.2 Å². The van der Waals surface area contributed by atoms with Crippen molar-refractivity contribution in [3.8, 4) is 5.75 Å². The summed E-state index contributed by atoms with van der Waals surface area (Å²) >= 11 is 0. The number of amides is 3.